The molecule has 0 aliphatic heterocycles. The van der Waals surface area contributed by atoms with Crippen molar-refractivity contribution in [3.8, 4) is 0 Å². The molecule has 0 saturated carbocycles. The molecule has 1 rings (SSSR count). The second-order valence-electron chi connectivity index (χ2n) is 6.43. The molecule has 0 saturated heterocycles. The van der Waals surface area contributed by atoms with Gasteiger partial charge >= 0.3 is 6.09 Å². The number of aryl methyl sites for hydroxylation is 1. The third-order valence-corrected chi connectivity index (χ3v) is 5.34. The van der Waals surface area contributed by atoms with E-state index < -0.39 is 26.9 Å². The number of ether oxygens (including phenoxy) is 1. The van der Waals surface area contributed by atoms with Gasteiger partial charge in [-0.2, -0.15) is 0 Å². The highest BCUT2D eigenvalue weighted by molar-refractivity contribution is 7.92. The summed E-state index contributed by atoms with van der Waals surface area (Å²) in [5.74, 6) is 0. The van der Waals surface area contributed by atoms with E-state index in [-0.39, 0.29) is 11.3 Å². The molecule has 0 aliphatic rings. The zero-order chi connectivity index (χ0) is 17.8. The van der Waals surface area contributed by atoms with Crippen LogP contribution in [0.1, 0.15) is 32.8 Å². The van der Waals surface area contributed by atoms with Crippen molar-refractivity contribution < 1.29 is 17.9 Å². The van der Waals surface area contributed by atoms with Crippen LogP contribution in [0.5, 0.6) is 0 Å². The minimum atomic E-state index is -3.73. The van der Waals surface area contributed by atoms with Crippen molar-refractivity contribution in [2.24, 2.45) is 0 Å². The standard InChI is InChI=1S/C17H25NO4S/c1-7-8-15(18(6)16(19)22-17(3,4)5)23(20,21)14-11-9-13(2)10-12-14/h7,9-12,15H,1,8H2,2-6H3. The van der Waals surface area contributed by atoms with E-state index in [2.05, 4.69) is 6.58 Å². The second-order valence-corrected chi connectivity index (χ2v) is 8.53. The van der Waals surface area contributed by atoms with Gasteiger partial charge < -0.3 is 4.74 Å². The summed E-state index contributed by atoms with van der Waals surface area (Å²) in [6.07, 6.45) is 0.920. The molecule has 1 unspecified atom stereocenters. The van der Waals surface area contributed by atoms with Gasteiger partial charge in [-0.3, -0.25) is 4.90 Å². The minimum absolute atomic E-state index is 0.117. The van der Waals surface area contributed by atoms with Gasteiger partial charge in [-0.05, 0) is 39.8 Å². The fourth-order valence-electron chi connectivity index (χ4n) is 1.97. The molecule has 0 N–H and O–H groups in total. The van der Waals surface area contributed by atoms with Gasteiger partial charge in [0, 0.05) is 13.5 Å². The van der Waals surface area contributed by atoms with Crippen LogP contribution in [-0.2, 0) is 14.6 Å². The molecule has 1 amide bonds. The molecular formula is C17H25NO4S. The molecule has 0 bridgehead atoms. The summed E-state index contributed by atoms with van der Waals surface area (Å²) < 4.78 is 31.0. The molecule has 0 radical (unpaired) electrons. The molecule has 6 heteroatoms. The Morgan fingerprint density at radius 3 is 2.26 bits per heavy atom. The van der Waals surface area contributed by atoms with E-state index in [1.165, 1.54) is 13.1 Å². The van der Waals surface area contributed by atoms with Gasteiger partial charge in [0.25, 0.3) is 0 Å². The Morgan fingerprint density at radius 2 is 1.83 bits per heavy atom. The largest absolute Gasteiger partial charge is 0.444 e. The zero-order valence-corrected chi connectivity index (χ0v) is 15.2. The van der Waals surface area contributed by atoms with Crippen molar-refractivity contribution in [3.63, 3.8) is 0 Å². The summed E-state index contributed by atoms with van der Waals surface area (Å²) in [4.78, 5) is 13.5. The molecular weight excluding hydrogens is 314 g/mol. The fourth-order valence-corrected chi connectivity index (χ4v) is 3.69. The van der Waals surface area contributed by atoms with Crippen molar-refractivity contribution in [1.29, 1.82) is 0 Å². The predicted molar refractivity (Wildman–Crippen MR) is 91.0 cm³/mol. The van der Waals surface area contributed by atoms with Gasteiger partial charge in [0.05, 0.1) is 4.90 Å². The smallest absolute Gasteiger partial charge is 0.411 e. The molecule has 5 nitrogen and oxygen atoms in total. The third-order valence-electron chi connectivity index (χ3n) is 3.19. The molecule has 0 fully saturated rings. The van der Waals surface area contributed by atoms with Crippen LogP contribution in [0.2, 0.25) is 0 Å². The van der Waals surface area contributed by atoms with E-state index in [9.17, 15) is 13.2 Å². The van der Waals surface area contributed by atoms with Crippen LogP contribution in [0.4, 0.5) is 4.79 Å². The molecule has 0 spiro atoms. The van der Waals surface area contributed by atoms with Crippen LogP contribution < -0.4 is 0 Å². The van der Waals surface area contributed by atoms with Crippen molar-refractivity contribution in [2.75, 3.05) is 7.05 Å². The van der Waals surface area contributed by atoms with E-state index >= 15 is 0 Å². The number of rotatable bonds is 5. The zero-order valence-electron chi connectivity index (χ0n) is 14.4. The topological polar surface area (TPSA) is 63.7 Å². The summed E-state index contributed by atoms with van der Waals surface area (Å²) in [6, 6.07) is 6.55. The number of amides is 1. The lowest BCUT2D eigenvalue weighted by Gasteiger charge is -2.30. The number of benzene rings is 1. The Labute approximate surface area is 138 Å². The molecule has 128 valence electrons. The van der Waals surface area contributed by atoms with E-state index in [4.69, 9.17) is 4.74 Å². The summed E-state index contributed by atoms with van der Waals surface area (Å²) in [6.45, 7) is 10.7. The maximum Gasteiger partial charge on any atom is 0.411 e. The van der Waals surface area contributed by atoms with E-state index in [0.717, 1.165) is 10.5 Å². The van der Waals surface area contributed by atoms with Gasteiger partial charge in [0.2, 0.25) is 0 Å². The Bertz CT molecular complexity index is 657. The van der Waals surface area contributed by atoms with E-state index in [0.29, 0.717) is 0 Å². The Hall–Kier alpha value is -1.82. The van der Waals surface area contributed by atoms with Crippen LogP contribution in [0, 0.1) is 6.92 Å². The van der Waals surface area contributed by atoms with Gasteiger partial charge in [-0.15, -0.1) is 6.58 Å². The van der Waals surface area contributed by atoms with Crippen molar-refractivity contribution in [1.82, 2.24) is 4.90 Å². The van der Waals surface area contributed by atoms with Crippen LogP contribution in [0.3, 0.4) is 0 Å². The Balaban J connectivity index is 3.16. The number of hydrogen-bond donors (Lipinski definition) is 0. The lowest BCUT2D eigenvalue weighted by molar-refractivity contribution is 0.0275. The highest BCUT2D eigenvalue weighted by Gasteiger charge is 2.34. The van der Waals surface area contributed by atoms with Crippen molar-refractivity contribution in [3.05, 3.63) is 42.5 Å². The lowest BCUT2D eigenvalue weighted by atomic mass is 10.2. The summed E-state index contributed by atoms with van der Waals surface area (Å²) in [7, 11) is -2.30. The SMILES string of the molecule is C=CCC(N(C)C(=O)OC(C)(C)C)S(=O)(=O)c1ccc(C)cc1. The molecule has 23 heavy (non-hydrogen) atoms. The molecule has 1 aromatic rings. The summed E-state index contributed by atoms with van der Waals surface area (Å²) >= 11 is 0. The van der Waals surface area contributed by atoms with Crippen LogP contribution in [0.25, 0.3) is 0 Å². The van der Waals surface area contributed by atoms with Crippen LogP contribution in [-0.4, -0.2) is 37.4 Å². The fraction of sp³-hybridized carbons (Fsp3) is 0.471. The van der Waals surface area contributed by atoms with Gasteiger partial charge in [0.1, 0.15) is 11.0 Å². The van der Waals surface area contributed by atoms with Gasteiger partial charge in [0.15, 0.2) is 9.84 Å². The average molecular weight is 339 g/mol. The Morgan fingerprint density at radius 1 is 1.30 bits per heavy atom. The highest BCUT2D eigenvalue weighted by atomic mass is 32.2. The van der Waals surface area contributed by atoms with Gasteiger partial charge in [-0.25, -0.2) is 13.2 Å². The number of sulfone groups is 1. The molecule has 1 aromatic carbocycles. The molecule has 0 aliphatic carbocycles. The first-order chi connectivity index (χ1) is 10.5. The lowest BCUT2D eigenvalue weighted by Crippen LogP contribution is -2.44. The van der Waals surface area contributed by atoms with E-state index in [1.54, 1.807) is 45.0 Å². The monoisotopic (exact) mass is 339 g/mol. The number of nitrogens with zero attached hydrogens (tertiary/aromatic N) is 1. The minimum Gasteiger partial charge on any atom is -0.444 e. The molecule has 0 heterocycles. The second kappa shape index (κ2) is 7.17. The predicted octanol–water partition coefficient (Wildman–Crippen LogP) is 3.54. The molecule has 1 atom stereocenters. The summed E-state index contributed by atoms with van der Waals surface area (Å²) in [5.41, 5.74) is 0.266. The normalized spacial score (nSPS) is 13.3. The van der Waals surface area contributed by atoms with Crippen LogP contribution >= 0.6 is 0 Å². The number of hydrogen-bond acceptors (Lipinski definition) is 4. The van der Waals surface area contributed by atoms with Crippen molar-refractivity contribution >= 4 is 15.9 Å². The number of carbonyl (C=O) groups is 1. The van der Waals surface area contributed by atoms with Gasteiger partial charge in [-0.1, -0.05) is 23.8 Å². The number of carbonyl (C=O) groups excluding carboxylic acids is 1. The summed E-state index contributed by atoms with van der Waals surface area (Å²) in [5, 5.41) is -1.06. The first-order valence-corrected chi connectivity index (χ1v) is 8.91. The highest BCUT2D eigenvalue weighted by Crippen LogP contribution is 2.23. The Kier molecular flexibility index (Phi) is 5.99. The first-order valence-electron chi connectivity index (χ1n) is 7.36. The van der Waals surface area contributed by atoms with Crippen molar-refractivity contribution in [2.45, 2.75) is 50.0 Å². The molecule has 0 aromatic heterocycles. The average Bonchev–Trinajstić information content (AvgIpc) is 2.42. The quantitative estimate of drug-likeness (QED) is 0.770. The third kappa shape index (κ3) is 5.10. The first kappa shape index (κ1) is 19.2. The van der Waals surface area contributed by atoms with Crippen LogP contribution in [0.15, 0.2) is 41.8 Å². The maximum absolute atomic E-state index is 12.8. The van der Waals surface area contributed by atoms with E-state index in [1.807, 2.05) is 6.92 Å². The maximum atomic E-state index is 12.8.